The largest absolute Gasteiger partial charge is 0.508 e. The van der Waals surface area contributed by atoms with Gasteiger partial charge in [-0.25, -0.2) is 0 Å². The number of phenolic OH excluding ortho intramolecular Hbond substituents is 3. The number of hydrogen-bond donors (Lipinski definition) is 3. The summed E-state index contributed by atoms with van der Waals surface area (Å²) in [5.41, 5.74) is 7.11. The van der Waals surface area contributed by atoms with Crippen LogP contribution in [-0.2, 0) is 0 Å². The summed E-state index contributed by atoms with van der Waals surface area (Å²) in [6.07, 6.45) is 0. The van der Waals surface area contributed by atoms with Gasteiger partial charge in [0.15, 0.2) is 11.5 Å². The van der Waals surface area contributed by atoms with Crippen molar-refractivity contribution in [2.75, 3.05) is 4.90 Å². The average molecular weight is 456 g/mol. The fourth-order valence-electron chi connectivity index (χ4n) is 3.95. The normalized spacial score (nSPS) is 10.9. The fraction of sp³-hybridized carbons (Fsp3) is 0.172. The molecule has 0 heterocycles. The molecule has 5 nitrogen and oxygen atoms in total. The van der Waals surface area contributed by atoms with Gasteiger partial charge >= 0.3 is 0 Å². The first kappa shape index (κ1) is 23.1. The van der Waals surface area contributed by atoms with Gasteiger partial charge in [0.1, 0.15) is 17.2 Å². The molecular formula is C29H29NO4. The lowest BCUT2D eigenvalue weighted by Crippen LogP contribution is -2.13. The van der Waals surface area contributed by atoms with E-state index >= 15 is 0 Å². The number of aromatic hydroxyl groups is 3. The maximum atomic E-state index is 10.2. The highest BCUT2D eigenvalue weighted by molar-refractivity contribution is 5.82. The molecule has 0 aromatic heterocycles. The Hall–Kier alpha value is -4.12. The number of hydrogen-bond acceptors (Lipinski definition) is 5. The zero-order chi connectivity index (χ0) is 24.6. The highest BCUT2D eigenvalue weighted by Gasteiger charge is 2.19. The number of aryl methyl sites for hydroxylation is 5. The summed E-state index contributed by atoms with van der Waals surface area (Å²) in [6.45, 7) is 9.61. The number of benzene rings is 4. The Labute approximate surface area is 200 Å². The van der Waals surface area contributed by atoms with E-state index in [2.05, 4.69) is 4.90 Å². The van der Waals surface area contributed by atoms with Gasteiger partial charge < -0.3 is 25.0 Å². The zero-order valence-electron chi connectivity index (χ0n) is 20.0. The number of phenols is 3. The Balaban J connectivity index is 1.81. The Bertz CT molecular complexity index is 1300. The second-order valence-electron chi connectivity index (χ2n) is 8.75. The van der Waals surface area contributed by atoms with Crippen LogP contribution in [0.15, 0.2) is 66.7 Å². The first-order valence-corrected chi connectivity index (χ1v) is 11.1. The van der Waals surface area contributed by atoms with Gasteiger partial charge in [0, 0.05) is 17.1 Å². The third kappa shape index (κ3) is 4.50. The molecule has 0 bridgehead atoms. The lowest BCUT2D eigenvalue weighted by molar-refractivity contribution is 0.411. The summed E-state index contributed by atoms with van der Waals surface area (Å²) in [4.78, 5) is 2.11. The van der Waals surface area contributed by atoms with E-state index in [-0.39, 0.29) is 17.2 Å². The molecule has 34 heavy (non-hydrogen) atoms. The lowest BCUT2D eigenvalue weighted by Gasteiger charge is -2.29. The minimum Gasteiger partial charge on any atom is -0.508 e. The highest BCUT2D eigenvalue weighted by atomic mass is 16.5. The van der Waals surface area contributed by atoms with E-state index in [4.69, 9.17) is 4.74 Å². The predicted molar refractivity (Wildman–Crippen MR) is 136 cm³/mol. The molecule has 0 spiro atoms. The number of anilines is 3. The Morgan fingerprint density at radius 1 is 0.559 bits per heavy atom. The van der Waals surface area contributed by atoms with Gasteiger partial charge in [-0.1, -0.05) is 6.07 Å². The molecule has 0 saturated heterocycles. The molecule has 4 rings (SSSR count). The molecule has 3 N–H and O–H groups in total. The quantitative estimate of drug-likeness (QED) is 0.289. The average Bonchev–Trinajstić information content (AvgIpc) is 2.79. The van der Waals surface area contributed by atoms with Crippen LogP contribution in [0.2, 0.25) is 0 Å². The Kier molecular flexibility index (Phi) is 6.12. The molecule has 0 fully saturated rings. The van der Waals surface area contributed by atoms with Crippen LogP contribution >= 0.6 is 0 Å². The van der Waals surface area contributed by atoms with Gasteiger partial charge in [0.2, 0.25) is 0 Å². The van der Waals surface area contributed by atoms with Crippen LogP contribution in [0.5, 0.6) is 28.7 Å². The maximum Gasteiger partial charge on any atom is 0.169 e. The van der Waals surface area contributed by atoms with Crippen molar-refractivity contribution in [3.8, 4) is 28.7 Å². The van der Waals surface area contributed by atoms with Gasteiger partial charge in [-0.05, 0) is 123 Å². The number of ether oxygens (including phenoxy) is 1. The summed E-state index contributed by atoms with van der Waals surface area (Å²) < 4.78 is 5.92. The molecule has 0 amide bonds. The van der Waals surface area contributed by atoms with Crippen LogP contribution in [0.25, 0.3) is 0 Å². The second-order valence-corrected chi connectivity index (χ2v) is 8.75. The molecule has 0 aliphatic heterocycles. The monoisotopic (exact) mass is 455 g/mol. The topological polar surface area (TPSA) is 73.2 Å². The van der Waals surface area contributed by atoms with Crippen LogP contribution in [0, 0.1) is 34.6 Å². The van der Waals surface area contributed by atoms with E-state index in [1.54, 1.807) is 24.3 Å². The van der Waals surface area contributed by atoms with Crippen molar-refractivity contribution in [3.63, 3.8) is 0 Å². The SMILES string of the molecule is Cc1ccc(O)c(Oc2ccc(N(c3cc(C)c(O)cc3C)c3cc(C)c(O)cc3C)cc2)c1. The minimum atomic E-state index is 0.0849. The smallest absolute Gasteiger partial charge is 0.169 e. The summed E-state index contributed by atoms with van der Waals surface area (Å²) >= 11 is 0. The molecule has 0 unspecified atom stereocenters. The van der Waals surface area contributed by atoms with E-state index in [1.165, 1.54) is 0 Å². The summed E-state index contributed by atoms with van der Waals surface area (Å²) in [5.74, 6) is 1.59. The van der Waals surface area contributed by atoms with Crippen molar-refractivity contribution in [3.05, 3.63) is 94.5 Å². The molecule has 5 heteroatoms. The van der Waals surface area contributed by atoms with E-state index in [1.807, 2.05) is 77.1 Å². The van der Waals surface area contributed by atoms with Crippen molar-refractivity contribution in [1.82, 2.24) is 0 Å². The van der Waals surface area contributed by atoms with Gasteiger partial charge in [-0.2, -0.15) is 0 Å². The standard InChI is InChI=1S/C29H29NO4/c1-17-6-11-26(31)29(12-17)34-23-9-7-22(8-10-23)30(24-13-20(4)27(32)15-18(24)2)25-14-21(5)28(33)16-19(25)3/h6-16,31-33H,1-5H3. The molecule has 0 aliphatic carbocycles. The van der Waals surface area contributed by atoms with Crippen molar-refractivity contribution < 1.29 is 20.1 Å². The van der Waals surface area contributed by atoms with Gasteiger partial charge in [0.25, 0.3) is 0 Å². The van der Waals surface area contributed by atoms with Crippen molar-refractivity contribution in [2.24, 2.45) is 0 Å². The van der Waals surface area contributed by atoms with Crippen molar-refractivity contribution in [2.45, 2.75) is 34.6 Å². The van der Waals surface area contributed by atoms with Crippen molar-refractivity contribution >= 4 is 17.1 Å². The summed E-state index contributed by atoms with van der Waals surface area (Å²) in [6, 6.07) is 20.3. The van der Waals surface area contributed by atoms with E-state index in [9.17, 15) is 15.3 Å². The third-order valence-electron chi connectivity index (χ3n) is 5.95. The summed E-state index contributed by atoms with van der Waals surface area (Å²) in [5, 5.41) is 30.5. The molecule has 4 aromatic carbocycles. The third-order valence-corrected chi connectivity index (χ3v) is 5.95. The van der Waals surface area contributed by atoms with Crippen LogP contribution in [0.1, 0.15) is 27.8 Å². The Morgan fingerprint density at radius 3 is 1.62 bits per heavy atom. The molecule has 0 radical (unpaired) electrons. The van der Waals surface area contributed by atoms with Gasteiger partial charge in [0.05, 0.1) is 0 Å². The zero-order valence-corrected chi connectivity index (χ0v) is 20.0. The molecule has 0 atom stereocenters. The number of rotatable bonds is 5. The van der Waals surface area contributed by atoms with Crippen LogP contribution in [0.4, 0.5) is 17.1 Å². The minimum absolute atomic E-state index is 0.0849. The van der Waals surface area contributed by atoms with E-state index < -0.39 is 0 Å². The van der Waals surface area contributed by atoms with E-state index in [0.29, 0.717) is 11.5 Å². The van der Waals surface area contributed by atoms with Crippen LogP contribution in [-0.4, -0.2) is 15.3 Å². The van der Waals surface area contributed by atoms with Crippen LogP contribution in [0.3, 0.4) is 0 Å². The number of nitrogens with zero attached hydrogens (tertiary/aromatic N) is 1. The lowest BCUT2D eigenvalue weighted by atomic mass is 10.0. The first-order valence-electron chi connectivity index (χ1n) is 11.1. The molecular weight excluding hydrogens is 426 g/mol. The van der Waals surface area contributed by atoms with E-state index in [0.717, 1.165) is 44.9 Å². The first-order chi connectivity index (χ1) is 16.1. The van der Waals surface area contributed by atoms with Crippen molar-refractivity contribution in [1.29, 1.82) is 0 Å². The maximum absolute atomic E-state index is 10.2. The predicted octanol–water partition coefficient (Wildman–Crippen LogP) is 7.61. The molecule has 0 saturated carbocycles. The summed E-state index contributed by atoms with van der Waals surface area (Å²) in [7, 11) is 0. The van der Waals surface area contributed by atoms with Gasteiger partial charge in [-0.15, -0.1) is 0 Å². The molecule has 0 aliphatic rings. The second kappa shape index (κ2) is 9.02. The molecule has 174 valence electrons. The highest BCUT2D eigenvalue weighted by Crippen LogP contribution is 2.42. The van der Waals surface area contributed by atoms with Crippen LogP contribution < -0.4 is 9.64 Å². The van der Waals surface area contributed by atoms with Gasteiger partial charge in [-0.3, -0.25) is 0 Å². The molecule has 4 aromatic rings. The Morgan fingerprint density at radius 2 is 1.09 bits per heavy atom. The fourth-order valence-corrected chi connectivity index (χ4v) is 3.95.